The first-order valence-corrected chi connectivity index (χ1v) is 12.9. The fourth-order valence-corrected chi connectivity index (χ4v) is 4.12. The van der Waals surface area contributed by atoms with Gasteiger partial charge in [0.2, 0.25) is 5.60 Å². The minimum absolute atomic E-state index is 0.0276. The molecule has 43 heavy (non-hydrogen) atoms. The molecule has 1 aromatic heterocycles. The van der Waals surface area contributed by atoms with Gasteiger partial charge in [0.05, 0.1) is 6.54 Å². The molecule has 0 fully saturated rings. The Bertz CT molecular complexity index is 1480. The third-order valence-corrected chi connectivity index (χ3v) is 6.32. The van der Waals surface area contributed by atoms with Crippen LogP contribution in [0.1, 0.15) is 41.6 Å². The van der Waals surface area contributed by atoms with Crippen molar-refractivity contribution in [3.05, 3.63) is 101 Å². The van der Waals surface area contributed by atoms with Crippen LogP contribution in [0.3, 0.4) is 0 Å². The fourth-order valence-electron chi connectivity index (χ4n) is 4.12. The Labute approximate surface area is 244 Å². The topological polar surface area (TPSA) is 159 Å². The Kier molecular flexibility index (Phi) is 11.1. The second-order valence-electron chi connectivity index (χ2n) is 9.46. The molecule has 0 radical (unpaired) electrons. The number of rotatable bonds is 12. The van der Waals surface area contributed by atoms with E-state index in [0.717, 1.165) is 24.7 Å². The fraction of sp³-hybridized carbons (Fsp3) is 0.276. The maximum atomic E-state index is 16.7. The van der Waals surface area contributed by atoms with Crippen LogP contribution in [-0.2, 0) is 21.1 Å². The number of halogens is 5. The highest BCUT2D eigenvalue weighted by Gasteiger charge is 2.62. The number of aromatic nitrogens is 1. The first kappa shape index (κ1) is 32.9. The molecule has 0 aliphatic heterocycles. The number of hydrogen-bond acceptors (Lipinski definition) is 8. The highest BCUT2D eigenvalue weighted by molar-refractivity contribution is 5.76. The zero-order chi connectivity index (χ0) is 31.6. The summed E-state index contributed by atoms with van der Waals surface area (Å²) in [5.74, 6) is 7.80. The molecule has 0 amide bonds. The molecule has 0 spiro atoms. The van der Waals surface area contributed by atoms with Crippen LogP contribution in [0.4, 0.5) is 22.0 Å². The van der Waals surface area contributed by atoms with Gasteiger partial charge in [-0.2, -0.15) is 13.9 Å². The van der Waals surface area contributed by atoms with E-state index in [1.165, 1.54) is 30.3 Å². The summed E-state index contributed by atoms with van der Waals surface area (Å²) in [6, 6.07) is 7.79. The second kappa shape index (κ2) is 14.5. The molecule has 2 aromatic carbocycles. The molecule has 14 heteroatoms. The highest BCUT2D eigenvalue weighted by atomic mass is 19.3. The molecule has 8 N–H and O–H groups in total. The molecule has 0 saturated heterocycles. The molecule has 1 heterocycles. The Morgan fingerprint density at radius 1 is 1.02 bits per heavy atom. The van der Waals surface area contributed by atoms with Crippen LogP contribution >= 0.6 is 0 Å². The standard InChI is InChI=1S/C29H30F5N7O2/c30-21-9-6-19(7-10-21)4-5-20-8-13-26(39-16-20)29(33,34)28(17-41(38)18-40-37,23-12-11-22(31)15-24(23)32)43-27(42)25(36)3-1-2-14-35/h6-13,15-16,18,25H,1-3,14,17,35-38H2/b40-18-/t25-,28?/m0/s1. The van der Waals surface area contributed by atoms with E-state index in [1.54, 1.807) is 0 Å². The first-order valence-electron chi connectivity index (χ1n) is 12.9. The van der Waals surface area contributed by atoms with Gasteiger partial charge in [0.15, 0.2) is 0 Å². The van der Waals surface area contributed by atoms with Gasteiger partial charge < -0.3 is 22.0 Å². The number of pyridine rings is 1. The van der Waals surface area contributed by atoms with Crippen molar-refractivity contribution in [2.24, 2.45) is 28.3 Å². The predicted octanol–water partition coefficient (Wildman–Crippen LogP) is 2.96. The number of esters is 1. The molecule has 9 nitrogen and oxygen atoms in total. The van der Waals surface area contributed by atoms with Gasteiger partial charge in [-0.15, -0.1) is 0 Å². The van der Waals surface area contributed by atoms with Crippen LogP contribution in [0.2, 0.25) is 0 Å². The van der Waals surface area contributed by atoms with Crippen molar-refractivity contribution in [3.8, 4) is 11.8 Å². The van der Waals surface area contributed by atoms with Crippen LogP contribution in [0.15, 0.2) is 65.9 Å². The van der Waals surface area contributed by atoms with Gasteiger partial charge in [-0.3, -0.25) is 14.8 Å². The van der Waals surface area contributed by atoms with E-state index in [1.807, 2.05) is 0 Å². The number of nitrogens with two attached hydrogens (primary N) is 4. The molecule has 0 bridgehead atoms. The summed E-state index contributed by atoms with van der Waals surface area (Å²) < 4.78 is 81.1. The quantitative estimate of drug-likeness (QED) is 0.0360. The summed E-state index contributed by atoms with van der Waals surface area (Å²) in [7, 11) is 0. The lowest BCUT2D eigenvalue weighted by Crippen LogP contribution is -2.57. The highest BCUT2D eigenvalue weighted by Crippen LogP contribution is 2.49. The SMILES string of the molecule is NCCCC[C@H](N)C(=O)OC(CN(N)/C=N\N)(c1ccc(F)cc1F)C(F)(F)c1ccc(C#Cc2ccc(F)cc2)cn1. The van der Waals surface area contributed by atoms with Crippen molar-refractivity contribution < 1.29 is 31.5 Å². The summed E-state index contributed by atoms with van der Waals surface area (Å²) in [5, 5.41) is 3.73. The van der Waals surface area contributed by atoms with Gasteiger partial charge in [0, 0.05) is 29.0 Å². The van der Waals surface area contributed by atoms with E-state index in [4.69, 9.17) is 27.9 Å². The van der Waals surface area contributed by atoms with Crippen molar-refractivity contribution in [2.45, 2.75) is 36.8 Å². The lowest BCUT2D eigenvalue weighted by molar-refractivity contribution is -0.230. The summed E-state index contributed by atoms with van der Waals surface area (Å²) in [4.78, 5) is 16.9. The van der Waals surface area contributed by atoms with E-state index < -0.39 is 58.8 Å². The lowest BCUT2D eigenvalue weighted by atomic mass is 9.83. The van der Waals surface area contributed by atoms with Crippen LogP contribution in [0, 0.1) is 29.3 Å². The monoisotopic (exact) mass is 603 g/mol. The maximum absolute atomic E-state index is 16.7. The molecule has 3 aromatic rings. The number of nitrogens with zero attached hydrogens (tertiary/aromatic N) is 3. The van der Waals surface area contributed by atoms with Crippen molar-refractivity contribution in [2.75, 3.05) is 13.1 Å². The van der Waals surface area contributed by atoms with Gasteiger partial charge in [-0.05, 0) is 67.9 Å². The third-order valence-electron chi connectivity index (χ3n) is 6.32. The van der Waals surface area contributed by atoms with E-state index in [9.17, 15) is 13.6 Å². The molecular weight excluding hydrogens is 573 g/mol. The molecule has 0 aliphatic rings. The zero-order valence-electron chi connectivity index (χ0n) is 22.8. The van der Waals surface area contributed by atoms with E-state index in [2.05, 4.69) is 21.9 Å². The number of alkyl halides is 2. The predicted molar refractivity (Wildman–Crippen MR) is 149 cm³/mol. The smallest absolute Gasteiger partial charge is 0.334 e. The number of unbranched alkanes of at least 4 members (excludes halogenated alkanes) is 1. The average molecular weight is 604 g/mol. The minimum Gasteiger partial charge on any atom is -0.444 e. The van der Waals surface area contributed by atoms with Crippen LogP contribution in [-0.4, -0.2) is 41.4 Å². The van der Waals surface area contributed by atoms with Crippen LogP contribution in [0.25, 0.3) is 0 Å². The molecule has 3 rings (SSSR count). The number of hydrogen-bond donors (Lipinski definition) is 4. The van der Waals surface area contributed by atoms with Crippen LogP contribution < -0.4 is 23.2 Å². The number of carbonyl (C=O) groups is 1. The van der Waals surface area contributed by atoms with Crippen molar-refractivity contribution in [1.29, 1.82) is 0 Å². The Hall–Kier alpha value is -4.58. The molecule has 228 valence electrons. The van der Waals surface area contributed by atoms with Crippen molar-refractivity contribution in [3.63, 3.8) is 0 Å². The van der Waals surface area contributed by atoms with Crippen molar-refractivity contribution >= 4 is 12.3 Å². The van der Waals surface area contributed by atoms with Gasteiger partial charge >= 0.3 is 11.9 Å². The molecule has 0 aliphatic carbocycles. The van der Waals surface area contributed by atoms with Gasteiger partial charge in [-0.25, -0.2) is 19.0 Å². The zero-order valence-corrected chi connectivity index (χ0v) is 22.8. The van der Waals surface area contributed by atoms with E-state index >= 15 is 13.2 Å². The summed E-state index contributed by atoms with van der Waals surface area (Å²) in [6.07, 6.45) is 2.67. The summed E-state index contributed by atoms with van der Waals surface area (Å²) >= 11 is 0. The largest absolute Gasteiger partial charge is 0.444 e. The first-order chi connectivity index (χ1) is 20.4. The number of carbonyl (C=O) groups excluding carboxylic acids is 1. The summed E-state index contributed by atoms with van der Waals surface area (Å²) in [6.45, 7) is -0.806. The number of benzene rings is 2. The summed E-state index contributed by atoms with van der Waals surface area (Å²) in [5.41, 5.74) is 6.93. The minimum atomic E-state index is -4.32. The Morgan fingerprint density at radius 2 is 1.67 bits per heavy atom. The van der Waals surface area contributed by atoms with E-state index in [-0.39, 0.29) is 12.0 Å². The number of hydrazone groups is 1. The number of ether oxygens (including phenoxy) is 1. The van der Waals surface area contributed by atoms with Gasteiger partial charge in [0.25, 0.3) is 0 Å². The van der Waals surface area contributed by atoms with Crippen molar-refractivity contribution in [1.82, 2.24) is 9.99 Å². The Morgan fingerprint density at radius 3 is 2.28 bits per heavy atom. The van der Waals surface area contributed by atoms with Gasteiger partial charge in [0.1, 0.15) is 35.5 Å². The lowest BCUT2D eigenvalue weighted by Gasteiger charge is -2.41. The maximum Gasteiger partial charge on any atom is 0.334 e. The normalized spacial score (nSPS) is 13.6. The van der Waals surface area contributed by atoms with Gasteiger partial charge in [-0.1, -0.05) is 18.3 Å². The average Bonchev–Trinajstić information content (AvgIpc) is 2.96. The molecular formula is C29H30F5N7O2. The molecule has 0 saturated carbocycles. The number of hydrazine groups is 1. The third kappa shape index (κ3) is 8.04. The molecule has 1 unspecified atom stereocenters. The van der Waals surface area contributed by atoms with E-state index in [0.29, 0.717) is 42.1 Å². The van der Waals surface area contributed by atoms with Crippen LogP contribution in [0.5, 0.6) is 0 Å². The molecule has 2 atom stereocenters. The second-order valence-corrected chi connectivity index (χ2v) is 9.46. The Balaban J connectivity index is 2.13.